The molecule has 0 spiro atoms. The van der Waals surface area contributed by atoms with Crippen LogP contribution in [0.4, 0.5) is 5.82 Å². The molecule has 2 rings (SSSR count). The number of piperidine rings is 1. The predicted molar refractivity (Wildman–Crippen MR) is 74.4 cm³/mol. The summed E-state index contributed by atoms with van der Waals surface area (Å²) >= 11 is 0. The predicted octanol–water partition coefficient (Wildman–Crippen LogP) is 1.88. The summed E-state index contributed by atoms with van der Waals surface area (Å²) in [6.07, 6.45) is 2.72. The number of hydrogen-bond donors (Lipinski definition) is 2. The van der Waals surface area contributed by atoms with E-state index in [0.717, 1.165) is 31.7 Å². The highest BCUT2D eigenvalue weighted by Gasteiger charge is 2.19. The molecule has 1 aromatic heterocycles. The van der Waals surface area contributed by atoms with Gasteiger partial charge >= 0.3 is 0 Å². The van der Waals surface area contributed by atoms with Crippen molar-refractivity contribution in [3.63, 3.8) is 0 Å². The van der Waals surface area contributed by atoms with Crippen molar-refractivity contribution in [1.29, 1.82) is 5.26 Å². The Balaban J connectivity index is 2.09. The van der Waals surface area contributed by atoms with Crippen LogP contribution in [0.3, 0.4) is 0 Å². The molecular weight excluding hydrogens is 240 g/mol. The highest BCUT2D eigenvalue weighted by atomic mass is 16.5. The van der Waals surface area contributed by atoms with Crippen LogP contribution in [0.25, 0.3) is 0 Å². The Hall–Kier alpha value is -1.80. The molecule has 1 fully saturated rings. The van der Waals surface area contributed by atoms with Crippen LogP contribution >= 0.6 is 0 Å². The van der Waals surface area contributed by atoms with Crippen LogP contribution in [-0.2, 0) is 0 Å². The largest absolute Gasteiger partial charge is 0.481 e. The summed E-state index contributed by atoms with van der Waals surface area (Å²) in [5, 5.41) is 15.0. The number of hydrogen-bond acceptors (Lipinski definition) is 5. The molecule has 0 aliphatic carbocycles. The smallest absolute Gasteiger partial charge is 0.218 e. The Kier molecular flexibility index (Phi) is 4.99. The SMILES string of the molecule is COc1nc(NCCC#N)ccc1C1CCNCC1. The molecule has 2 N–H and O–H groups in total. The van der Waals surface area contributed by atoms with Crippen molar-refractivity contribution >= 4 is 5.82 Å². The lowest BCUT2D eigenvalue weighted by Crippen LogP contribution is -2.27. The molecule has 1 saturated heterocycles. The maximum absolute atomic E-state index is 8.52. The van der Waals surface area contributed by atoms with E-state index in [2.05, 4.69) is 27.8 Å². The Labute approximate surface area is 114 Å². The third kappa shape index (κ3) is 3.58. The molecule has 1 aliphatic rings. The Morgan fingerprint density at radius 2 is 2.26 bits per heavy atom. The zero-order valence-corrected chi connectivity index (χ0v) is 11.3. The normalized spacial score (nSPS) is 15.8. The average Bonchev–Trinajstić information content (AvgIpc) is 2.48. The van der Waals surface area contributed by atoms with Gasteiger partial charge < -0.3 is 15.4 Å². The fourth-order valence-electron chi connectivity index (χ4n) is 2.40. The first-order chi connectivity index (χ1) is 9.35. The molecular formula is C14H20N4O. The van der Waals surface area contributed by atoms with Gasteiger partial charge in [0.15, 0.2) is 0 Å². The minimum absolute atomic E-state index is 0.472. The number of rotatable bonds is 5. The first kappa shape index (κ1) is 13.6. The molecule has 0 radical (unpaired) electrons. The summed E-state index contributed by atoms with van der Waals surface area (Å²) in [6, 6.07) is 6.16. The second-order valence-electron chi connectivity index (χ2n) is 4.65. The maximum atomic E-state index is 8.52. The fourth-order valence-corrected chi connectivity index (χ4v) is 2.40. The number of pyridine rings is 1. The summed E-state index contributed by atoms with van der Waals surface area (Å²) in [6.45, 7) is 2.71. The molecule has 0 unspecified atom stereocenters. The standard InChI is InChI=1S/C14H20N4O/c1-19-14-12(11-5-9-16-10-6-11)3-4-13(18-14)17-8-2-7-15/h3-4,11,16H,2,5-6,8-10H2,1H3,(H,17,18). The van der Waals surface area contributed by atoms with Crippen molar-refractivity contribution in [3.05, 3.63) is 17.7 Å². The fraction of sp³-hybridized carbons (Fsp3) is 0.571. The topological polar surface area (TPSA) is 70.0 Å². The minimum Gasteiger partial charge on any atom is -0.481 e. The van der Waals surface area contributed by atoms with Crippen molar-refractivity contribution in [2.75, 3.05) is 32.1 Å². The lowest BCUT2D eigenvalue weighted by Gasteiger charge is -2.24. The first-order valence-electron chi connectivity index (χ1n) is 6.71. The number of ether oxygens (including phenoxy) is 1. The zero-order chi connectivity index (χ0) is 13.5. The van der Waals surface area contributed by atoms with Crippen LogP contribution in [0.5, 0.6) is 5.88 Å². The van der Waals surface area contributed by atoms with E-state index in [1.165, 1.54) is 5.56 Å². The Morgan fingerprint density at radius 3 is 2.95 bits per heavy atom. The van der Waals surface area contributed by atoms with Crippen molar-refractivity contribution < 1.29 is 4.74 Å². The number of nitriles is 1. The van der Waals surface area contributed by atoms with E-state index in [4.69, 9.17) is 10.00 Å². The van der Waals surface area contributed by atoms with Crippen molar-refractivity contribution in [2.24, 2.45) is 0 Å². The third-order valence-corrected chi connectivity index (χ3v) is 3.40. The highest BCUT2D eigenvalue weighted by molar-refractivity contribution is 5.43. The monoisotopic (exact) mass is 260 g/mol. The van der Waals surface area contributed by atoms with Crippen LogP contribution in [0, 0.1) is 11.3 Å². The molecule has 1 aliphatic heterocycles. The first-order valence-corrected chi connectivity index (χ1v) is 6.71. The van der Waals surface area contributed by atoms with Gasteiger partial charge in [0.2, 0.25) is 5.88 Å². The molecule has 5 nitrogen and oxygen atoms in total. The van der Waals surface area contributed by atoms with E-state index >= 15 is 0 Å². The van der Waals surface area contributed by atoms with Crippen LogP contribution in [0.15, 0.2) is 12.1 Å². The van der Waals surface area contributed by atoms with E-state index < -0.39 is 0 Å². The van der Waals surface area contributed by atoms with Crippen LogP contribution in [0.1, 0.15) is 30.7 Å². The van der Waals surface area contributed by atoms with Crippen LogP contribution in [-0.4, -0.2) is 31.7 Å². The van der Waals surface area contributed by atoms with Gasteiger partial charge in [0.05, 0.1) is 19.6 Å². The molecule has 102 valence electrons. The molecule has 0 amide bonds. The minimum atomic E-state index is 0.472. The van der Waals surface area contributed by atoms with Crippen molar-refractivity contribution in [3.8, 4) is 11.9 Å². The number of nitrogens with one attached hydrogen (secondary N) is 2. The van der Waals surface area contributed by atoms with Gasteiger partial charge in [-0.25, -0.2) is 0 Å². The quantitative estimate of drug-likeness (QED) is 0.791. The van der Waals surface area contributed by atoms with Gasteiger partial charge in [-0.3, -0.25) is 0 Å². The van der Waals surface area contributed by atoms with E-state index in [0.29, 0.717) is 24.8 Å². The summed E-state index contributed by atoms with van der Waals surface area (Å²) in [7, 11) is 1.66. The van der Waals surface area contributed by atoms with Crippen LogP contribution in [0.2, 0.25) is 0 Å². The van der Waals surface area contributed by atoms with Crippen molar-refractivity contribution in [1.82, 2.24) is 10.3 Å². The summed E-state index contributed by atoms with van der Waals surface area (Å²) in [5.41, 5.74) is 1.19. The van der Waals surface area contributed by atoms with E-state index in [1.807, 2.05) is 6.07 Å². The molecule has 5 heteroatoms. The molecule has 2 heterocycles. The number of anilines is 1. The van der Waals surface area contributed by atoms with Gasteiger partial charge in [-0.05, 0) is 44.0 Å². The van der Waals surface area contributed by atoms with Gasteiger partial charge in [0.25, 0.3) is 0 Å². The Bertz CT molecular complexity index is 449. The molecule has 19 heavy (non-hydrogen) atoms. The second-order valence-corrected chi connectivity index (χ2v) is 4.65. The molecule has 0 bridgehead atoms. The van der Waals surface area contributed by atoms with Gasteiger partial charge in [-0.1, -0.05) is 0 Å². The zero-order valence-electron chi connectivity index (χ0n) is 11.3. The second kappa shape index (κ2) is 6.95. The van der Waals surface area contributed by atoms with Gasteiger partial charge in [-0.2, -0.15) is 10.2 Å². The third-order valence-electron chi connectivity index (χ3n) is 3.40. The molecule has 1 aromatic rings. The van der Waals surface area contributed by atoms with Gasteiger partial charge in [0, 0.05) is 12.1 Å². The van der Waals surface area contributed by atoms with Crippen molar-refractivity contribution in [2.45, 2.75) is 25.2 Å². The average molecular weight is 260 g/mol. The van der Waals surface area contributed by atoms with Crippen LogP contribution < -0.4 is 15.4 Å². The van der Waals surface area contributed by atoms with Gasteiger partial charge in [-0.15, -0.1) is 0 Å². The summed E-state index contributed by atoms with van der Waals surface area (Å²) in [5.74, 6) is 2.00. The molecule has 0 atom stereocenters. The molecule has 0 saturated carbocycles. The van der Waals surface area contributed by atoms with E-state index in [1.54, 1.807) is 7.11 Å². The summed E-state index contributed by atoms with van der Waals surface area (Å²) in [4.78, 5) is 4.48. The number of methoxy groups -OCH3 is 1. The lowest BCUT2D eigenvalue weighted by atomic mass is 9.91. The molecule has 0 aromatic carbocycles. The summed E-state index contributed by atoms with van der Waals surface area (Å²) < 4.78 is 5.41. The number of aromatic nitrogens is 1. The van der Waals surface area contributed by atoms with E-state index in [-0.39, 0.29) is 0 Å². The number of nitrogens with zero attached hydrogens (tertiary/aromatic N) is 2. The highest BCUT2D eigenvalue weighted by Crippen LogP contribution is 2.32. The maximum Gasteiger partial charge on any atom is 0.218 e. The lowest BCUT2D eigenvalue weighted by molar-refractivity contribution is 0.377. The van der Waals surface area contributed by atoms with E-state index in [9.17, 15) is 0 Å². The Morgan fingerprint density at radius 1 is 1.47 bits per heavy atom. The van der Waals surface area contributed by atoms with Gasteiger partial charge in [0.1, 0.15) is 5.82 Å².